The Morgan fingerprint density at radius 1 is 1.30 bits per heavy atom. The molecule has 1 fully saturated rings. The molecule has 1 aliphatic rings. The molecule has 0 N–H and O–H groups in total. The molecule has 20 heavy (non-hydrogen) atoms. The van der Waals surface area contributed by atoms with Crippen LogP contribution in [0.4, 0.5) is 4.39 Å². The molecule has 1 aromatic heterocycles. The van der Waals surface area contributed by atoms with Gasteiger partial charge in [0.05, 0.1) is 0 Å². The molecule has 3 rings (SSSR count). The highest BCUT2D eigenvalue weighted by atomic mass is 19.1. The number of aryl methyl sites for hydroxylation is 1. The van der Waals surface area contributed by atoms with Crippen molar-refractivity contribution in [1.29, 1.82) is 0 Å². The first-order valence-corrected chi connectivity index (χ1v) is 7.37. The minimum atomic E-state index is -0.298. The van der Waals surface area contributed by atoms with Gasteiger partial charge in [-0.2, -0.15) is 0 Å². The second-order valence-electron chi connectivity index (χ2n) is 5.83. The number of halogens is 1. The fourth-order valence-corrected chi connectivity index (χ4v) is 3.21. The second kappa shape index (κ2) is 5.39. The van der Waals surface area contributed by atoms with E-state index < -0.39 is 0 Å². The highest BCUT2D eigenvalue weighted by Crippen LogP contribution is 2.31. The number of hydrogen-bond donors (Lipinski definition) is 0. The Labute approximate surface area is 118 Å². The lowest BCUT2D eigenvalue weighted by atomic mass is 9.85. The number of Topliss-reactive ketones (excluding diaryl/α,β-unsaturated/α-hetero) is 1. The number of furan rings is 1. The van der Waals surface area contributed by atoms with E-state index in [1.54, 1.807) is 6.07 Å². The van der Waals surface area contributed by atoms with Crippen molar-refractivity contribution in [1.82, 2.24) is 0 Å². The monoisotopic (exact) mass is 274 g/mol. The summed E-state index contributed by atoms with van der Waals surface area (Å²) in [5, 5.41) is 0.706. The van der Waals surface area contributed by atoms with Crippen molar-refractivity contribution < 1.29 is 13.6 Å². The van der Waals surface area contributed by atoms with Gasteiger partial charge < -0.3 is 4.42 Å². The predicted molar refractivity (Wildman–Crippen MR) is 76.4 cm³/mol. The molecule has 1 saturated carbocycles. The minimum Gasteiger partial charge on any atom is -0.453 e. The van der Waals surface area contributed by atoms with E-state index in [2.05, 4.69) is 0 Å². The van der Waals surface area contributed by atoms with Gasteiger partial charge in [-0.25, -0.2) is 4.39 Å². The van der Waals surface area contributed by atoms with Crippen molar-refractivity contribution in [3.8, 4) is 0 Å². The smallest absolute Gasteiger partial charge is 0.198 e. The first kappa shape index (κ1) is 13.3. The van der Waals surface area contributed by atoms with Gasteiger partial charge in [0.1, 0.15) is 11.4 Å². The lowest BCUT2D eigenvalue weighted by Crippen LogP contribution is -2.12. The zero-order valence-corrected chi connectivity index (χ0v) is 11.7. The molecule has 0 atom stereocenters. The minimum absolute atomic E-state index is 0.0611. The molecule has 0 radical (unpaired) electrons. The third-order valence-electron chi connectivity index (χ3n) is 4.35. The average molecular weight is 274 g/mol. The van der Waals surface area contributed by atoms with E-state index >= 15 is 0 Å². The lowest BCUT2D eigenvalue weighted by molar-refractivity contribution is 0.0924. The predicted octanol–water partition coefficient (Wildman–Crippen LogP) is 5.03. The molecule has 1 aromatic carbocycles. The first-order valence-electron chi connectivity index (χ1n) is 7.37. The Morgan fingerprint density at radius 2 is 2.05 bits per heavy atom. The van der Waals surface area contributed by atoms with Gasteiger partial charge >= 0.3 is 0 Å². The maximum Gasteiger partial charge on any atom is 0.198 e. The molecular weight excluding hydrogens is 255 g/mol. The van der Waals surface area contributed by atoms with E-state index in [4.69, 9.17) is 4.42 Å². The van der Waals surface area contributed by atoms with Crippen molar-refractivity contribution in [2.45, 2.75) is 45.4 Å². The standard InChI is InChI=1S/C17H19FO2/c1-11-14-10-13(18)7-8-16(14)20-17(11)15(19)9-12-5-3-2-4-6-12/h7-8,10,12H,2-6,9H2,1H3. The molecule has 2 aromatic rings. The SMILES string of the molecule is Cc1c(C(=O)CC2CCCCC2)oc2ccc(F)cc12. The summed E-state index contributed by atoms with van der Waals surface area (Å²) in [4.78, 5) is 12.4. The molecular formula is C17H19FO2. The van der Waals surface area contributed by atoms with Crippen LogP contribution in [-0.2, 0) is 0 Å². The molecule has 3 heteroatoms. The van der Waals surface area contributed by atoms with E-state index in [0.29, 0.717) is 29.1 Å². The van der Waals surface area contributed by atoms with Crippen molar-refractivity contribution in [3.05, 3.63) is 35.3 Å². The number of ketones is 1. The van der Waals surface area contributed by atoms with Crippen LogP contribution in [0.3, 0.4) is 0 Å². The summed E-state index contributed by atoms with van der Waals surface area (Å²) in [7, 11) is 0. The third-order valence-corrected chi connectivity index (χ3v) is 4.35. The summed E-state index contributed by atoms with van der Waals surface area (Å²) in [6.07, 6.45) is 6.57. The van der Waals surface area contributed by atoms with Crippen molar-refractivity contribution >= 4 is 16.8 Å². The van der Waals surface area contributed by atoms with Crippen LogP contribution in [0, 0.1) is 18.7 Å². The van der Waals surface area contributed by atoms with Crippen molar-refractivity contribution in [3.63, 3.8) is 0 Å². The topological polar surface area (TPSA) is 30.2 Å². The second-order valence-corrected chi connectivity index (χ2v) is 5.83. The summed E-state index contributed by atoms with van der Waals surface area (Å²) in [6, 6.07) is 4.39. The van der Waals surface area contributed by atoms with Gasteiger partial charge in [0.15, 0.2) is 11.5 Å². The van der Waals surface area contributed by atoms with E-state index in [1.807, 2.05) is 6.92 Å². The van der Waals surface area contributed by atoms with Crippen LogP contribution >= 0.6 is 0 Å². The van der Waals surface area contributed by atoms with Crippen LogP contribution in [0.15, 0.2) is 22.6 Å². The number of carbonyl (C=O) groups excluding carboxylic acids is 1. The number of carbonyl (C=O) groups is 1. The zero-order chi connectivity index (χ0) is 14.1. The van der Waals surface area contributed by atoms with Crippen LogP contribution in [0.1, 0.15) is 54.6 Å². The summed E-state index contributed by atoms with van der Waals surface area (Å²) < 4.78 is 18.9. The van der Waals surface area contributed by atoms with Gasteiger partial charge in [0, 0.05) is 17.4 Å². The van der Waals surface area contributed by atoms with Gasteiger partial charge in [-0.3, -0.25) is 4.79 Å². The molecule has 0 unspecified atom stereocenters. The Balaban J connectivity index is 1.85. The van der Waals surface area contributed by atoms with Gasteiger partial charge in [-0.1, -0.05) is 32.1 Å². The number of fused-ring (bicyclic) bond motifs is 1. The Bertz CT molecular complexity index is 636. The summed E-state index contributed by atoms with van der Waals surface area (Å²) >= 11 is 0. The first-order chi connectivity index (χ1) is 9.65. The lowest BCUT2D eigenvalue weighted by Gasteiger charge is -2.20. The Morgan fingerprint density at radius 3 is 2.80 bits per heavy atom. The van der Waals surface area contributed by atoms with Crippen LogP contribution in [-0.4, -0.2) is 5.78 Å². The van der Waals surface area contributed by atoms with E-state index in [1.165, 1.54) is 31.4 Å². The molecule has 2 nitrogen and oxygen atoms in total. The maximum atomic E-state index is 13.3. The zero-order valence-electron chi connectivity index (χ0n) is 11.7. The molecule has 106 valence electrons. The summed E-state index contributed by atoms with van der Waals surface area (Å²) in [6.45, 7) is 1.83. The highest BCUT2D eigenvalue weighted by molar-refractivity contribution is 6.00. The van der Waals surface area contributed by atoms with E-state index in [-0.39, 0.29) is 11.6 Å². The summed E-state index contributed by atoms with van der Waals surface area (Å²) in [5.74, 6) is 0.662. The van der Waals surface area contributed by atoms with Gasteiger partial charge in [-0.05, 0) is 31.0 Å². The number of rotatable bonds is 3. The molecule has 0 amide bonds. The third kappa shape index (κ3) is 2.49. The summed E-state index contributed by atoms with van der Waals surface area (Å²) in [5.41, 5.74) is 1.36. The fraction of sp³-hybridized carbons (Fsp3) is 0.471. The van der Waals surface area contributed by atoms with Gasteiger partial charge in [0.2, 0.25) is 0 Å². The quantitative estimate of drug-likeness (QED) is 0.734. The van der Waals surface area contributed by atoms with Crippen LogP contribution in [0.5, 0.6) is 0 Å². The maximum absolute atomic E-state index is 13.3. The van der Waals surface area contributed by atoms with E-state index in [9.17, 15) is 9.18 Å². The van der Waals surface area contributed by atoms with Crippen molar-refractivity contribution in [2.75, 3.05) is 0 Å². The molecule has 0 saturated heterocycles. The largest absolute Gasteiger partial charge is 0.453 e. The highest BCUT2D eigenvalue weighted by Gasteiger charge is 2.22. The van der Waals surface area contributed by atoms with E-state index in [0.717, 1.165) is 18.4 Å². The van der Waals surface area contributed by atoms with Gasteiger partial charge in [0.25, 0.3) is 0 Å². The molecule has 0 bridgehead atoms. The molecule has 0 spiro atoms. The number of hydrogen-bond acceptors (Lipinski definition) is 2. The van der Waals surface area contributed by atoms with Crippen LogP contribution in [0.25, 0.3) is 11.0 Å². The average Bonchev–Trinajstić information content (AvgIpc) is 2.77. The fourth-order valence-electron chi connectivity index (χ4n) is 3.21. The Kier molecular flexibility index (Phi) is 3.60. The van der Waals surface area contributed by atoms with Crippen LogP contribution in [0.2, 0.25) is 0 Å². The van der Waals surface area contributed by atoms with Gasteiger partial charge in [-0.15, -0.1) is 0 Å². The Hall–Kier alpha value is -1.64. The molecule has 1 aliphatic carbocycles. The number of benzene rings is 1. The van der Waals surface area contributed by atoms with Crippen molar-refractivity contribution in [2.24, 2.45) is 5.92 Å². The molecule has 0 aliphatic heterocycles. The van der Waals surface area contributed by atoms with Crippen LogP contribution < -0.4 is 0 Å². The molecule has 1 heterocycles. The normalized spacial score (nSPS) is 16.7.